The molecule has 2 aliphatic heterocycles. The first-order valence-corrected chi connectivity index (χ1v) is 9.46. The van der Waals surface area contributed by atoms with Crippen molar-refractivity contribution >= 4 is 11.0 Å². The molecule has 0 radical (unpaired) electrons. The van der Waals surface area contributed by atoms with Crippen molar-refractivity contribution in [3.8, 4) is 0 Å². The standard InChI is InChI=1S/C20H29N3O/c1-14-10-15(2)12-23(11-14)13-17-19(16-5-8-24-9-6-16)22-18-4-3-7-21-20(17)18/h3-4,7,14-16,22H,5-6,8-13H2,1-2H3/t14-,15-/m1/s1. The lowest BCUT2D eigenvalue weighted by Gasteiger charge is -2.35. The zero-order valence-electron chi connectivity index (χ0n) is 14.9. The summed E-state index contributed by atoms with van der Waals surface area (Å²) in [6.45, 7) is 9.97. The molecule has 4 nitrogen and oxygen atoms in total. The third kappa shape index (κ3) is 3.22. The quantitative estimate of drug-likeness (QED) is 0.928. The number of likely N-dealkylation sites (tertiary alicyclic amines) is 1. The number of rotatable bonds is 3. The Morgan fingerprint density at radius 2 is 1.96 bits per heavy atom. The minimum atomic E-state index is 0.586. The Labute approximate surface area is 144 Å². The number of hydrogen-bond donors (Lipinski definition) is 1. The van der Waals surface area contributed by atoms with Crippen LogP contribution >= 0.6 is 0 Å². The fraction of sp³-hybridized carbons (Fsp3) is 0.650. The van der Waals surface area contributed by atoms with Gasteiger partial charge in [-0.25, -0.2) is 0 Å². The maximum absolute atomic E-state index is 5.57. The van der Waals surface area contributed by atoms with Crippen LogP contribution in [0.15, 0.2) is 18.3 Å². The number of H-pyrrole nitrogens is 1. The maximum atomic E-state index is 5.57. The van der Waals surface area contributed by atoms with Gasteiger partial charge >= 0.3 is 0 Å². The molecule has 4 heteroatoms. The van der Waals surface area contributed by atoms with E-state index in [0.29, 0.717) is 5.92 Å². The fourth-order valence-electron chi connectivity index (χ4n) is 4.73. The van der Waals surface area contributed by atoms with Crippen LogP contribution in [0.25, 0.3) is 11.0 Å². The average Bonchev–Trinajstić information content (AvgIpc) is 2.94. The van der Waals surface area contributed by atoms with E-state index in [1.807, 2.05) is 12.3 Å². The predicted octanol–water partition coefficient (Wildman–Crippen LogP) is 3.93. The van der Waals surface area contributed by atoms with Crippen molar-refractivity contribution < 1.29 is 4.74 Å². The molecule has 2 fully saturated rings. The molecule has 2 aromatic rings. The van der Waals surface area contributed by atoms with Gasteiger partial charge in [0.05, 0.1) is 11.0 Å². The number of ether oxygens (including phenoxy) is 1. The van der Waals surface area contributed by atoms with Gasteiger partial charge in [-0.3, -0.25) is 9.88 Å². The summed E-state index contributed by atoms with van der Waals surface area (Å²) in [5.74, 6) is 2.17. The van der Waals surface area contributed by atoms with Crippen LogP contribution in [0, 0.1) is 11.8 Å². The summed E-state index contributed by atoms with van der Waals surface area (Å²) in [5.41, 5.74) is 5.20. The lowest BCUT2D eigenvalue weighted by atomic mass is 9.90. The molecule has 0 aliphatic carbocycles. The second-order valence-electron chi connectivity index (χ2n) is 7.94. The molecule has 24 heavy (non-hydrogen) atoms. The third-order valence-electron chi connectivity index (χ3n) is 5.64. The molecule has 2 aromatic heterocycles. The largest absolute Gasteiger partial charge is 0.381 e. The van der Waals surface area contributed by atoms with Gasteiger partial charge in [0.2, 0.25) is 0 Å². The van der Waals surface area contributed by atoms with E-state index in [4.69, 9.17) is 9.72 Å². The second-order valence-corrected chi connectivity index (χ2v) is 7.94. The molecule has 2 aliphatic rings. The Bertz CT molecular complexity index is 679. The summed E-state index contributed by atoms with van der Waals surface area (Å²) in [6, 6.07) is 4.19. The molecule has 2 saturated heterocycles. The number of aromatic nitrogens is 2. The molecule has 1 N–H and O–H groups in total. The van der Waals surface area contributed by atoms with Crippen molar-refractivity contribution in [3.63, 3.8) is 0 Å². The monoisotopic (exact) mass is 327 g/mol. The van der Waals surface area contributed by atoms with Crippen LogP contribution in [0.5, 0.6) is 0 Å². The van der Waals surface area contributed by atoms with Gasteiger partial charge in [0, 0.05) is 56.2 Å². The maximum Gasteiger partial charge on any atom is 0.0926 e. The van der Waals surface area contributed by atoms with Crippen molar-refractivity contribution in [2.45, 2.75) is 45.6 Å². The van der Waals surface area contributed by atoms with E-state index in [2.05, 4.69) is 29.8 Å². The van der Waals surface area contributed by atoms with Gasteiger partial charge in [0.1, 0.15) is 0 Å². The van der Waals surface area contributed by atoms with Gasteiger partial charge < -0.3 is 9.72 Å². The predicted molar refractivity (Wildman–Crippen MR) is 97.1 cm³/mol. The minimum absolute atomic E-state index is 0.586. The van der Waals surface area contributed by atoms with Crippen molar-refractivity contribution in [1.29, 1.82) is 0 Å². The third-order valence-corrected chi connectivity index (χ3v) is 5.64. The average molecular weight is 327 g/mol. The molecule has 2 atom stereocenters. The first-order chi connectivity index (χ1) is 11.7. The molecule has 4 heterocycles. The topological polar surface area (TPSA) is 41.1 Å². The van der Waals surface area contributed by atoms with Crippen molar-refractivity contribution in [2.24, 2.45) is 11.8 Å². The van der Waals surface area contributed by atoms with Crippen LogP contribution in [0.3, 0.4) is 0 Å². The lowest BCUT2D eigenvalue weighted by molar-refractivity contribution is 0.0839. The van der Waals surface area contributed by atoms with E-state index in [9.17, 15) is 0 Å². The number of nitrogens with one attached hydrogen (secondary N) is 1. The Balaban J connectivity index is 1.67. The van der Waals surface area contributed by atoms with E-state index in [0.717, 1.165) is 44.4 Å². The number of piperidine rings is 1. The minimum Gasteiger partial charge on any atom is -0.381 e. The smallest absolute Gasteiger partial charge is 0.0926 e. The number of hydrogen-bond acceptors (Lipinski definition) is 3. The molecule has 4 rings (SSSR count). The molecular weight excluding hydrogens is 298 g/mol. The second kappa shape index (κ2) is 6.85. The Hall–Kier alpha value is -1.39. The summed E-state index contributed by atoms with van der Waals surface area (Å²) in [7, 11) is 0. The molecule has 0 amide bonds. The van der Waals surface area contributed by atoms with Crippen molar-refractivity contribution in [1.82, 2.24) is 14.9 Å². The van der Waals surface area contributed by atoms with E-state index >= 15 is 0 Å². The van der Waals surface area contributed by atoms with Crippen LogP contribution in [0.2, 0.25) is 0 Å². The molecule has 0 saturated carbocycles. The summed E-state index contributed by atoms with van der Waals surface area (Å²) >= 11 is 0. The molecular formula is C20H29N3O. The van der Waals surface area contributed by atoms with Crippen LogP contribution in [-0.2, 0) is 11.3 Å². The summed E-state index contributed by atoms with van der Waals surface area (Å²) in [4.78, 5) is 11.1. The molecule has 0 unspecified atom stereocenters. The number of pyridine rings is 1. The van der Waals surface area contributed by atoms with Crippen LogP contribution in [0.4, 0.5) is 0 Å². The van der Waals surface area contributed by atoms with Gasteiger partial charge in [0.15, 0.2) is 0 Å². The molecule has 0 spiro atoms. The fourth-order valence-corrected chi connectivity index (χ4v) is 4.73. The van der Waals surface area contributed by atoms with Gasteiger partial charge in [-0.1, -0.05) is 13.8 Å². The van der Waals surface area contributed by atoms with Gasteiger partial charge in [-0.2, -0.15) is 0 Å². The highest BCUT2D eigenvalue weighted by Gasteiger charge is 2.27. The number of nitrogens with zero attached hydrogens (tertiary/aromatic N) is 2. The van der Waals surface area contributed by atoms with E-state index in [-0.39, 0.29) is 0 Å². The van der Waals surface area contributed by atoms with E-state index < -0.39 is 0 Å². The van der Waals surface area contributed by atoms with Crippen LogP contribution in [0.1, 0.15) is 50.3 Å². The molecule has 0 bridgehead atoms. The summed E-state index contributed by atoms with van der Waals surface area (Å²) in [5, 5.41) is 0. The summed E-state index contributed by atoms with van der Waals surface area (Å²) < 4.78 is 5.57. The Morgan fingerprint density at radius 1 is 1.21 bits per heavy atom. The Morgan fingerprint density at radius 3 is 2.71 bits per heavy atom. The summed E-state index contributed by atoms with van der Waals surface area (Å²) in [6.07, 6.45) is 5.52. The van der Waals surface area contributed by atoms with E-state index in [1.54, 1.807) is 0 Å². The molecule has 0 aromatic carbocycles. The molecule has 130 valence electrons. The normalized spacial score (nSPS) is 26.9. The van der Waals surface area contributed by atoms with E-state index in [1.165, 1.54) is 41.8 Å². The highest BCUT2D eigenvalue weighted by atomic mass is 16.5. The van der Waals surface area contributed by atoms with Crippen LogP contribution in [-0.4, -0.2) is 41.2 Å². The van der Waals surface area contributed by atoms with Crippen molar-refractivity contribution in [2.75, 3.05) is 26.3 Å². The van der Waals surface area contributed by atoms with Gasteiger partial charge in [-0.05, 0) is 43.2 Å². The van der Waals surface area contributed by atoms with Crippen LogP contribution < -0.4 is 0 Å². The van der Waals surface area contributed by atoms with Gasteiger partial charge in [-0.15, -0.1) is 0 Å². The van der Waals surface area contributed by atoms with Gasteiger partial charge in [0.25, 0.3) is 0 Å². The first kappa shape index (κ1) is 16.1. The lowest BCUT2D eigenvalue weighted by Crippen LogP contribution is -2.38. The highest BCUT2D eigenvalue weighted by Crippen LogP contribution is 2.34. The Kier molecular flexibility index (Phi) is 4.59. The first-order valence-electron chi connectivity index (χ1n) is 9.46. The zero-order valence-corrected chi connectivity index (χ0v) is 14.9. The SMILES string of the molecule is C[C@@H]1C[C@@H](C)CN(Cc2c(C3CCOCC3)[nH]c3cccnc23)C1. The number of fused-ring (bicyclic) bond motifs is 1. The van der Waals surface area contributed by atoms with Crippen molar-refractivity contribution in [3.05, 3.63) is 29.6 Å². The number of aromatic amines is 1. The zero-order chi connectivity index (χ0) is 16.5. The highest BCUT2D eigenvalue weighted by molar-refractivity contribution is 5.80.